The van der Waals surface area contributed by atoms with Crippen LogP contribution in [0.4, 0.5) is 0 Å². The summed E-state index contributed by atoms with van der Waals surface area (Å²) in [6.45, 7) is 9.09. The molecule has 2 aliphatic heterocycles. The van der Waals surface area contributed by atoms with E-state index in [1.807, 2.05) is 0 Å². The van der Waals surface area contributed by atoms with Gasteiger partial charge >= 0.3 is 0 Å². The Labute approximate surface area is 147 Å². The zero-order valence-corrected chi connectivity index (χ0v) is 15.7. The van der Waals surface area contributed by atoms with Gasteiger partial charge in [-0.05, 0) is 51.5 Å². The molecule has 0 aromatic rings. The molecule has 1 N–H and O–H groups in total. The molecule has 0 radical (unpaired) electrons. The van der Waals surface area contributed by atoms with E-state index in [-0.39, 0.29) is 0 Å². The molecule has 0 unspecified atom stereocenters. The van der Waals surface area contributed by atoms with E-state index in [0.717, 1.165) is 64.1 Å². The number of likely N-dealkylation sites (tertiary alicyclic amines) is 1. The van der Waals surface area contributed by atoms with Gasteiger partial charge in [0.1, 0.15) is 0 Å². The van der Waals surface area contributed by atoms with Crippen molar-refractivity contribution < 1.29 is 4.79 Å². The van der Waals surface area contributed by atoms with Crippen LogP contribution in [-0.2, 0) is 4.79 Å². The Morgan fingerprint density at radius 3 is 2.08 bits per heavy atom. The summed E-state index contributed by atoms with van der Waals surface area (Å²) in [5.74, 6) is 1.25. The van der Waals surface area contributed by atoms with Crippen LogP contribution in [0.5, 0.6) is 0 Å². The molecule has 24 heavy (non-hydrogen) atoms. The number of carbonyl (C=O) groups is 1. The van der Waals surface area contributed by atoms with Gasteiger partial charge in [0.15, 0.2) is 0 Å². The highest BCUT2D eigenvalue weighted by atomic mass is 16.2. The lowest BCUT2D eigenvalue weighted by Gasteiger charge is -2.38. The largest absolute Gasteiger partial charge is 0.341 e. The second-order valence-electron chi connectivity index (χ2n) is 8.36. The van der Waals surface area contributed by atoms with Crippen molar-refractivity contribution in [2.45, 2.75) is 57.5 Å². The molecule has 1 saturated carbocycles. The van der Waals surface area contributed by atoms with Gasteiger partial charge in [-0.15, -0.1) is 0 Å². The predicted octanol–water partition coefficient (Wildman–Crippen LogP) is 1.39. The fraction of sp³-hybridized carbons (Fsp3) is 0.947. The van der Waals surface area contributed by atoms with Gasteiger partial charge < -0.3 is 15.1 Å². The Morgan fingerprint density at radius 2 is 1.46 bits per heavy atom. The lowest BCUT2D eigenvalue weighted by Crippen LogP contribution is -2.52. The number of likely N-dealkylation sites (N-methyl/N-ethyl adjacent to an activating group) is 1. The predicted molar refractivity (Wildman–Crippen MR) is 98.1 cm³/mol. The standard InChI is InChI=1S/C19H36N4O/c1-16-3-5-17(6-4-16)20-18-7-9-23(10-8-18)19(24)15-22-13-11-21(2)12-14-22/h16-18,20H,3-15H2,1-2H3. The van der Waals surface area contributed by atoms with Crippen LogP contribution in [0.15, 0.2) is 0 Å². The smallest absolute Gasteiger partial charge is 0.236 e. The molecule has 5 nitrogen and oxygen atoms in total. The van der Waals surface area contributed by atoms with Crippen molar-refractivity contribution in [1.29, 1.82) is 0 Å². The van der Waals surface area contributed by atoms with Gasteiger partial charge in [0.05, 0.1) is 6.54 Å². The minimum Gasteiger partial charge on any atom is -0.341 e. The molecule has 0 spiro atoms. The van der Waals surface area contributed by atoms with Crippen LogP contribution in [0.25, 0.3) is 0 Å². The van der Waals surface area contributed by atoms with Crippen molar-refractivity contribution in [3.8, 4) is 0 Å². The van der Waals surface area contributed by atoms with Crippen molar-refractivity contribution in [3.63, 3.8) is 0 Å². The van der Waals surface area contributed by atoms with Crippen LogP contribution < -0.4 is 5.32 Å². The van der Waals surface area contributed by atoms with E-state index >= 15 is 0 Å². The fourth-order valence-corrected chi connectivity index (χ4v) is 4.35. The van der Waals surface area contributed by atoms with Gasteiger partial charge in [-0.3, -0.25) is 9.69 Å². The third-order valence-electron chi connectivity index (χ3n) is 6.29. The first-order valence-corrected chi connectivity index (χ1v) is 10.0. The van der Waals surface area contributed by atoms with E-state index in [9.17, 15) is 4.79 Å². The molecule has 138 valence electrons. The van der Waals surface area contributed by atoms with Gasteiger partial charge in [0.25, 0.3) is 0 Å². The maximum absolute atomic E-state index is 12.5. The van der Waals surface area contributed by atoms with Crippen LogP contribution in [0.2, 0.25) is 0 Å². The molecule has 2 heterocycles. The van der Waals surface area contributed by atoms with Gasteiger partial charge in [0.2, 0.25) is 5.91 Å². The van der Waals surface area contributed by atoms with E-state index in [1.165, 1.54) is 25.7 Å². The summed E-state index contributed by atoms with van der Waals surface area (Å²) in [5, 5.41) is 3.87. The van der Waals surface area contributed by atoms with E-state index in [0.29, 0.717) is 18.5 Å². The van der Waals surface area contributed by atoms with Gasteiger partial charge in [-0.25, -0.2) is 0 Å². The Bertz CT molecular complexity index is 392. The summed E-state index contributed by atoms with van der Waals surface area (Å²) in [7, 11) is 2.16. The van der Waals surface area contributed by atoms with Crippen molar-refractivity contribution in [2.24, 2.45) is 5.92 Å². The molecule has 3 fully saturated rings. The number of hydrogen-bond donors (Lipinski definition) is 1. The van der Waals surface area contributed by atoms with Gasteiger partial charge in [-0.2, -0.15) is 0 Å². The summed E-state index contributed by atoms with van der Waals surface area (Å²) < 4.78 is 0. The summed E-state index contributed by atoms with van der Waals surface area (Å²) in [6.07, 6.45) is 7.68. The lowest BCUT2D eigenvalue weighted by molar-refractivity contribution is -0.134. The first-order valence-electron chi connectivity index (χ1n) is 10.0. The van der Waals surface area contributed by atoms with E-state index in [4.69, 9.17) is 0 Å². The van der Waals surface area contributed by atoms with Gasteiger partial charge in [-0.1, -0.05) is 6.92 Å². The monoisotopic (exact) mass is 336 g/mol. The molecule has 0 atom stereocenters. The molecule has 0 aromatic carbocycles. The van der Waals surface area contributed by atoms with Crippen molar-refractivity contribution in [3.05, 3.63) is 0 Å². The third kappa shape index (κ3) is 5.17. The number of nitrogens with one attached hydrogen (secondary N) is 1. The zero-order valence-electron chi connectivity index (χ0n) is 15.7. The molecule has 5 heteroatoms. The van der Waals surface area contributed by atoms with Crippen LogP contribution >= 0.6 is 0 Å². The Hall–Kier alpha value is -0.650. The minimum atomic E-state index is 0.337. The number of nitrogens with zero attached hydrogens (tertiary/aromatic N) is 3. The normalized spacial score (nSPS) is 31.3. The Kier molecular flexibility index (Phi) is 6.53. The fourth-order valence-electron chi connectivity index (χ4n) is 4.35. The topological polar surface area (TPSA) is 38.8 Å². The number of amides is 1. The maximum Gasteiger partial charge on any atom is 0.236 e. The van der Waals surface area contributed by atoms with Crippen molar-refractivity contribution in [2.75, 3.05) is 52.9 Å². The molecule has 1 aliphatic carbocycles. The summed E-state index contributed by atoms with van der Waals surface area (Å²) in [5.41, 5.74) is 0. The van der Waals surface area contributed by atoms with E-state index in [1.54, 1.807) is 0 Å². The zero-order chi connectivity index (χ0) is 16.9. The van der Waals surface area contributed by atoms with E-state index in [2.05, 4.69) is 34.0 Å². The van der Waals surface area contributed by atoms with Crippen LogP contribution in [0.1, 0.15) is 45.4 Å². The Balaban J connectivity index is 1.34. The highest BCUT2D eigenvalue weighted by Gasteiger charge is 2.27. The molecular weight excluding hydrogens is 300 g/mol. The molecule has 2 saturated heterocycles. The minimum absolute atomic E-state index is 0.337. The number of carbonyl (C=O) groups excluding carboxylic acids is 1. The summed E-state index contributed by atoms with van der Waals surface area (Å²) >= 11 is 0. The maximum atomic E-state index is 12.5. The van der Waals surface area contributed by atoms with E-state index < -0.39 is 0 Å². The number of piperidine rings is 1. The van der Waals surface area contributed by atoms with Crippen molar-refractivity contribution in [1.82, 2.24) is 20.0 Å². The summed E-state index contributed by atoms with van der Waals surface area (Å²) in [6, 6.07) is 1.34. The number of hydrogen-bond acceptors (Lipinski definition) is 4. The molecular formula is C19H36N4O. The van der Waals surface area contributed by atoms with Gasteiger partial charge in [0, 0.05) is 51.4 Å². The van der Waals surface area contributed by atoms with Crippen LogP contribution in [-0.4, -0.2) is 85.6 Å². The highest BCUT2D eigenvalue weighted by Crippen LogP contribution is 2.24. The Morgan fingerprint density at radius 1 is 0.875 bits per heavy atom. The highest BCUT2D eigenvalue weighted by molar-refractivity contribution is 5.78. The second kappa shape index (κ2) is 8.63. The average Bonchev–Trinajstić information content (AvgIpc) is 2.59. The second-order valence-corrected chi connectivity index (χ2v) is 8.36. The number of rotatable bonds is 4. The third-order valence-corrected chi connectivity index (χ3v) is 6.29. The molecule has 0 aromatic heterocycles. The first-order chi connectivity index (χ1) is 11.6. The van der Waals surface area contributed by atoms with Crippen molar-refractivity contribution >= 4 is 5.91 Å². The number of piperazine rings is 1. The summed E-state index contributed by atoms with van der Waals surface area (Å²) in [4.78, 5) is 19.3. The average molecular weight is 337 g/mol. The molecule has 1 amide bonds. The molecule has 3 aliphatic rings. The molecule has 0 bridgehead atoms. The quantitative estimate of drug-likeness (QED) is 0.842. The lowest BCUT2D eigenvalue weighted by atomic mass is 9.86. The molecule has 3 rings (SSSR count). The SMILES string of the molecule is CC1CCC(NC2CCN(C(=O)CN3CCN(C)CC3)CC2)CC1. The van der Waals surface area contributed by atoms with Crippen LogP contribution in [0.3, 0.4) is 0 Å². The van der Waals surface area contributed by atoms with Crippen LogP contribution in [0, 0.1) is 5.92 Å². The first kappa shape index (κ1) is 18.2.